The Labute approximate surface area is 136 Å². The average molecular weight is 356 g/mol. The van der Waals surface area contributed by atoms with Crippen LogP contribution in [0.3, 0.4) is 0 Å². The Morgan fingerprint density at radius 1 is 1.29 bits per heavy atom. The number of nitrogens with one attached hydrogen (secondary N) is 1. The summed E-state index contributed by atoms with van der Waals surface area (Å²) in [7, 11) is 1.68. The van der Waals surface area contributed by atoms with E-state index in [0.29, 0.717) is 6.61 Å². The first-order valence-corrected chi connectivity index (χ1v) is 8.73. The lowest BCUT2D eigenvalue weighted by molar-refractivity contribution is 0.308. The van der Waals surface area contributed by atoms with Crippen LogP contribution in [0, 0.1) is 5.92 Å². The van der Waals surface area contributed by atoms with Crippen LogP contribution < -0.4 is 14.8 Å². The molecule has 3 nitrogen and oxygen atoms in total. The molecule has 0 heterocycles. The molecule has 2 rings (SSSR count). The monoisotopic (exact) mass is 355 g/mol. The van der Waals surface area contributed by atoms with Gasteiger partial charge in [-0.25, -0.2) is 0 Å². The van der Waals surface area contributed by atoms with E-state index in [-0.39, 0.29) is 0 Å². The van der Waals surface area contributed by atoms with Gasteiger partial charge < -0.3 is 14.8 Å². The lowest BCUT2D eigenvalue weighted by atomic mass is 10.0. The van der Waals surface area contributed by atoms with Crippen LogP contribution in [-0.2, 0) is 6.54 Å². The number of benzene rings is 1. The quantitative estimate of drug-likeness (QED) is 0.695. The maximum atomic E-state index is 5.61. The number of ether oxygens (including phenoxy) is 2. The first kappa shape index (κ1) is 16.6. The molecule has 0 bridgehead atoms. The minimum atomic E-state index is 0.633. The maximum absolute atomic E-state index is 5.61. The van der Waals surface area contributed by atoms with Crippen molar-refractivity contribution in [1.29, 1.82) is 0 Å². The van der Waals surface area contributed by atoms with Crippen LogP contribution in [0.4, 0.5) is 0 Å². The van der Waals surface area contributed by atoms with E-state index in [2.05, 4.69) is 33.4 Å². The van der Waals surface area contributed by atoms with Gasteiger partial charge in [0.05, 0.1) is 18.2 Å². The summed E-state index contributed by atoms with van der Waals surface area (Å²) in [6.07, 6.45) is 6.99. The van der Waals surface area contributed by atoms with Gasteiger partial charge in [-0.1, -0.05) is 25.7 Å². The van der Waals surface area contributed by atoms with Crippen LogP contribution >= 0.6 is 15.9 Å². The molecule has 21 heavy (non-hydrogen) atoms. The fourth-order valence-corrected chi connectivity index (χ4v) is 3.60. The molecule has 0 atom stereocenters. The van der Waals surface area contributed by atoms with Gasteiger partial charge in [-0.2, -0.15) is 0 Å². The number of halogens is 1. The Bertz CT molecular complexity index is 445. The molecule has 1 aliphatic rings. The Morgan fingerprint density at radius 2 is 2.05 bits per heavy atom. The maximum Gasteiger partial charge on any atom is 0.175 e. The van der Waals surface area contributed by atoms with Crippen molar-refractivity contribution in [2.45, 2.75) is 45.6 Å². The molecule has 0 aromatic heterocycles. The van der Waals surface area contributed by atoms with Crippen LogP contribution in [0.25, 0.3) is 0 Å². The molecule has 0 unspecified atom stereocenters. The summed E-state index contributed by atoms with van der Waals surface area (Å²) >= 11 is 3.57. The molecule has 1 aromatic rings. The molecule has 0 spiro atoms. The largest absolute Gasteiger partial charge is 0.493 e. The molecular formula is C17H26BrNO2. The van der Waals surface area contributed by atoms with Gasteiger partial charge in [0, 0.05) is 6.54 Å². The molecule has 1 fully saturated rings. The van der Waals surface area contributed by atoms with Crippen molar-refractivity contribution in [2.24, 2.45) is 5.92 Å². The Kier molecular flexibility index (Phi) is 6.84. The smallest absolute Gasteiger partial charge is 0.175 e. The number of hydrogen-bond acceptors (Lipinski definition) is 3. The summed E-state index contributed by atoms with van der Waals surface area (Å²) in [6.45, 7) is 4.57. The van der Waals surface area contributed by atoms with E-state index in [0.717, 1.165) is 35.0 Å². The van der Waals surface area contributed by atoms with Gasteiger partial charge in [0.25, 0.3) is 0 Å². The number of hydrogen-bond donors (Lipinski definition) is 1. The van der Waals surface area contributed by atoms with E-state index in [4.69, 9.17) is 9.47 Å². The zero-order valence-electron chi connectivity index (χ0n) is 13.1. The summed E-state index contributed by atoms with van der Waals surface area (Å²) in [4.78, 5) is 0. The predicted molar refractivity (Wildman–Crippen MR) is 90.1 cm³/mol. The van der Waals surface area contributed by atoms with Crippen molar-refractivity contribution in [3.63, 3.8) is 0 Å². The van der Waals surface area contributed by atoms with E-state index in [1.807, 2.05) is 6.92 Å². The molecule has 1 aromatic carbocycles. The summed E-state index contributed by atoms with van der Waals surface area (Å²) < 4.78 is 12.0. The first-order chi connectivity index (χ1) is 10.2. The molecule has 0 aliphatic heterocycles. The summed E-state index contributed by atoms with van der Waals surface area (Å²) in [5, 5.41) is 3.54. The molecular weight excluding hydrogens is 330 g/mol. The normalized spacial score (nSPS) is 15.4. The molecule has 4 heteroatoms. The molecule has 0 saturated heterocycles. The van der Waals surface area contributed by atoms with E-state index in [9.17, 15) is 0 Å². The van der Waals surface area contributed by atoms with Crippen LogP contribution in [0.5, 0.6) is 11.5 Å². The average Bonchev–Trinajstić information content (AvgIpc) is 2.99. The fourth-order valence-electron chi connectivity index (χ4n) is 3.00. The van der Waals surface area contributed by atoms with Crippen molar-refractivity contribution in [2.75, 3.05) is 20.3 Å². The van der Waals surface area contributed by atoms with Crippen LogP contribution in [-0.4, -0.2) is 20.3 Å². The standard InChI is InChI=1S/C17H26BrNO2/c1-3-21-17-15(18)10-14(11-16(17)20-2)12-19-9-8-13-6-4-5-7-13/h10-11,13,19H,3-9,12H2,1-2H3. The van der Waals surface area contributed by atoms with E-state index < -0.39 is 0 Å². The second-order valence-corrected chi connectivity index (χ2v) is 6.51. The van der Waals surface area contributed by atoms with E-state index in [1.165, 1.54) is 37.7 Å². The van der Waals surface area contributed by atoms with Gasteiger partial charge in [-0.3, -0.25) is 0 Å². The minimum absolute atomic E-state index is 0.633. The summed E-state index contributed by atoms with van der Waals surface area (Å²) in [5.41, 5.74) is 1.22. The summed E-state index contributed by atoms with van der Waals surface area (Å²) in [6, 6.07) is 4.16. The highest BCUT2D eigenvalue weighted by atomic mass is 79.9. The van der Waals surface area contributed by atoms with Gasteiger partial charge in [-0.05, 0) is 59.4 Å². The third-order valence-electron chi connectivity index (χ3n) is 4.11. The third-order valence-corrected chi connectivity index (χ3v) is 4.70. The number of rotatable bonds is 8. The van der Waals surface area contributed by atoms with Crippen molar-refractivity contribution >= 4 is 15.9 Å². The second kappa shape index (κ2) is 8.64. The topological polar surface area (TPSA) is 30.5 Å². The van der Waals surface area contributed by atoms with Crippen LogP contribution in [0.15, 0.2) is 16.6 Å². The molecule has 0 amide bonds. The van der Waals surface area contributed by atoms with E-state index >= 15 is 0 Å². The van der Waals surface area contributed by atoms with Crippen molar-refractivity contribution in [3.05, 3.63) is 22.2 Å². The first-order valence-electron chi connectivity index (χ1n) is 7.94. The minimum Gasteiger partial charge on any atom is -0.493 e. The highest BCUT2D eigenvalue weighted by Crippen LogP contribution is 2.36. The van der Waals surface area contributed by atoms with Crippen molar-refractivity contribution in [3.8, 4) is 11.5 Å². The molecule has 1 aliphatic carbocycles. The highest BCUT2D eigenvalue weighted by Gasteiger charge is 2.14. The van der Waals surface area contributed by atoms with Gasteiger partial charge in [0.2, 0.25) is 0 Å². The predicted octanol–water partition coefficient (Wildman–Crippen LogP) is 4.53. The number of methoxy groups -OCH3 is 1. The fraction of sp³-hybridized carbons (Fsp3) is 0.647. The van der Waals surface area contributed by atoms with Crippen molar-refractivity contribution < 1.29 is 9.47 Å². The van der Waals surface area contributed by atoms with Gasteiger partial charge in [0.1, 0.15) is 0 Å². The second-order valence-electron chi connectivity index (χ2n) is 5.66. The SMILES string of the molecule is CCOc1c(Br)cc(CNCCC2CCCC2)cc1OC. The Hall–Kier alpha value is -0.740. The zero-order chi connectivity index (χ0) is 15.1. The van der Waals surface area contributed by atoms with Crippen LogP contribution in [0.2, 0.25) is 0 Å². The highest BCUT2D eigenvalue weighted by molar-refractivity contribution is 9.10. The lowest BCUT2D eigenvalue weighted by Crippen LogP contribution is -2.17. The van der Waals surface area contributed by atoms with Gasteiger partial charge in [0.15, 0.2) is 11.5 Å². The zero-order valence-corrected chi connectivity index (χ0v) is 14.7. The molecule has 1 saturated carbocycles. The lowest BCUT2D eigenvalue weighted by Gasteiger charge is -2.14. The molecule has 0 radical (unpaired) electrons. The summed E-state index contributed by atoms with van der Waals surface area (Å²) in [5.74, 6) is 2.52. The molecule has 118 valence electrons. The van der Waals surface area contributed by atoms with Crippen LogP contribution in [0.1, 0.15) is 44.6 Å². The Balaban J connectivity index is 1.86. The third kappa shape index (κ3) is 4.89. The van der Waals surface area contributed by atoms with E-state index in [1.54, 1.807) is 7.11 Å². The van der Waals surface area contributed by atoms with Crippen molar-refractivity contribution in [1.82, 2.24) is 5.32 Å². The Morgan fingerprint density at radius 3 is 2.71 bits per heavy atom. The van der Waals surface area contributed by atoms with Gasteiger partial charge >= 0.3 is 0 Å². The van der Waals surface area contributed by atoms with Gasteiger partial charge in [-0.15, -0.1) is 0 Å². The molecule has 1 N–H and O–H groups in total.